The van der Waals surface area contributed by atoms with Crippen LogP contribution in [-0.4, -0.2) is 44.6 Å². The average molecular weight is 327 g/mol. The SMILES string of the molecule is Cn1ccc(/C=C/C(=O)N2CCCC(c3[nH]ncc3C(N)=O)C2)c1. The molecule has 7 nitrogen and oxygen atoms in total. The number of nitrogens with two attached hydrogens (primary N) is 1. The first-order chi connectivity index (χ1) is 11.5. The number of hydrogen-bond donors (Lipinski definition) is 2. The Labute approximate surface area is 140 Å². The Balaban J connectivity index is 1.68. The lowest BCUT2D eigenvalue weighted by Crippen LogP contribution is -2.38. The smallest absolute Gasteiger partial charge is 0.252 e. The predicted molar refractivity (Wildman–Crippen MR) is 90.1 cm³/mol. The van der Waals surface area contributed by atoms with Crippen LogP contribution in [0.4, 0.5) is 0 Å². The molecule has 126 valence electrons. The van der Waals surface area contributed by atoms with E-state index in [9.17, 15) is 9.59 Å². The molecular formula is C17H21N5O2. The summed E-state index contributed by atoms with van der Waals surface area (Å²) < 4.78 is 1.94. The number of amides is 2. The van der Waals surface area contributed by atoms with Gasteiger partial charge in [-0.05, 0) is 30.5 Å². The third-order valence-corrected chi connectivity index (χ3v) is 4.35. The van der Waals surface area contributed by atoms with Gasteiger partial charge in [0.05, 0.1) is 17.5 Å². The molecule has 0 radical (unpaired) electrons. The first-order valence-corrected chi connectivity index (χ1v) is 7.96. The highest BCUT2D eigenvalue weighted by atomic mass is 16.2. The van der Waals surface area contributed by atoms with Gasteiger partial charge in [-0.1, -0.05) is 0 Å². The molecule has 0 bridgehead atoms. The number of carbonyl (C=O) groups is 2. The fourth-order valence-electron chi connectivity index (χ4n) is 3.11. The lowest BCUT2D eigenvalue weighted by atomic mass is 9.92. The number of likely N-dealkylation sites (tertiary alicyclic amines) is 1. The number of hydrogen-bond acceptors (Lipinski definition) is 3. The first-order valence-electron chi connectivity index (χ1n) is 7.96. The van der Waals surface area contributed by atoms with Crippen molar-refractivity contribution < 1.29 is 9.59 Å². The van der Waals surface area contributed by atoms with E-state index in [2.05, 4.69) is 10.2 Å². The van der Waals surface area contributed by atoms with Gasteiger partial charge in [-0.15, -0.1) is 0 Å². The van der Waals surface area contributed by atoms with Crippen LogP contribution in [0.1, 0.15) is 40.4 Å². The summed E-state index contributed by atoms with van der Waals surface area (Å²) in [6, 6.07) is 1.95. The minimum Gasteiger partial charge on any atom is -0.365 e. The zero-order chi connectivity index (χ0) is 17.1. The number of rotatable bonds is 4. The molecule has 0 aliphatic carbocycles. The van der Waals surface area contributed by atoms with E-state index >= 15 is 0 Å². The standard InChI is InChI=1S/C17H21N5O2/c1-21-8-6-12(10-21)4-5-15(23)22-7-2-3-13(11-22)16-14(17(18)24)9-19-20-16/h4-6,8-10,13H,2-3,7,11H2,1H3,(H2,18,24)(H,19,20)/b5-4+. The van der Waals surface area contributed by atoms with E-state index in [1.54, 1.807) is 11.0 Å². The molecule has 1 unspecified atom stereocenters. The van der Waals surface area contributed by atoms with Crippen LogP contribution in [0.25, 0.3) is 6.08 Å². The van der Waals surface area contributed by atoms with Gasteiger partial charge < -0.3 is 15.2 Å². The molecule has 0 aromatic carbocycles. The molecule has 3 heterocycles. The Morgan fingerprint density at radius 1 is 1.46 bits per heavy atom. The Morgan fingerprint density at radius 2 is 2.29 bits per heavy atom. The van der Waals surface area contributed by atoms with Crippen LogP contribution in [0.5, 0.6) is 0 Å². The van der Waals surface area contributed by atoms with Gasteiger partial charge in [-0.3, -0.25) is 14.7 Å². The number of aromatic amines is 1. The predicted octanol–water partition coefficient (Wildman–Crippen LogP) is 1.27. The van der Waals surface area contributed by atoms with Crippen LogP contribution in [0.2, 0.25) is 0 Å². The van der Waals surface area contributed by atoms with Gasteiger partial charge in [-0.2, -0.15) is 5.10 Å². The average Bonchev–Trinajstić information content (AvgIpc) is 3.21. The maximum Gasteiger partial charge on any atom is 0.252 e. The molecular weight excluding hydrogens is 306 g/mol. The summed E-state index contributed by atoms with van der Waals surface area (Å²) in [6.07, 6.45) is 10.5. The molecule has 1 atom stereocenters. The highest BCUT2D eigenvalue weighted by molar-refractivity contribution is 5.94. The molecule has 3 rings (SSSR count). The van der Waals surface area contributed by atoms with Gasteiger partial charge in [-0.25, -0.2) is 0 Å². The van der Waals surface area contributed by atoms with Crippen molar-refractivity contribution in [1.82, 2.24) is 19.7 Å². The number of nitrogens with one attached hydrogen (secondary N) is 1. The summed E-state index contributed by atoms with van der Waals surface area (Å²) in [5.41, 5.74) is 7.51. The van der Waals surface area contributed by atoms with Crippen molar-refractivity contribution in [3.05, 3.63) is 47.6 Å². The fraction of sp³-hybridized carbons (Fsp3) is 0.353. The normalized spacial score (nSPS) is 18.2. The van der Waals surface area contributed by atoms with Crippen molar-refractivity contribution in [2.75, 3.05) is 13.1 Å². The Bertz CT molecular complexity index is 774. The maximum atomic E-state index is 12.4. The number of carbonyl (C=O) groups excluding carboxylic acids is 2. The molecule has 2 amide bonds. The van der Waals surface area contributed by atoms with E-state index in [-0.39, 0.29) is 11.8 Å². The summed E-state index contributed by atoms with van der Waals surface area (Å²) in [6.45, 7) is 1.27. The number of primary amides is 1. The topological polar surface area (TPSA) is 97.0 Å². The van der Waals surface area contributed by atoms with Crippen molar-refractivity contribution in [1.29, 1.82) is 0 Å². The second-order valence-corrected chi connectivity index (χ2v) is 6.13. The third-order valence-electron chi connectivity index (χ3n) is 4.35. The Morgan fingerprint density at radius 3 is 3.00 bits per heavy atom. The first kappa shape index (κ1) is 16.0. The molecule has 3 N–H and O–H groups in total. The lowest BCUT2D eigenvalue weighted by Gasteiger charge is -2.31. The minimum absolute atomic E-state index is 0.0244. The summed E-state index contributed by atoms with van der Waals surface area (Å²) in [5.74, 6) is -0.465. The molecule has 1 aliphatic rings. The molecule has 24 heavy (non-hydrogen) atoms. The quantitative estimate of drug-likeness (QED) is 0.827. The minimum atomic E-state index is -0.494. The summed E-state index contributed by atoms with van der Waals surface area (Å²) in [5, 5.41) is 6.79. The summed E-state index contributed by atoms with van der Waals surface area (Å²) >= 11 is 0. The Kier molecular flexibility index (Phi) is 4.50. The molecule has 2 aromatic heterocycles. The second kappa shape index (κ2) is 6.74. The fourth-order valence-corrected chi connectivity index (χ4v) is 3.11. The van der Waals surface area contributed by atoms with Gasteiger partial charge in [0, 0.05) is 44.5 Å². The Hall–Kier alpha value is -2.83. The largest absolute Gasteiger partial charge is 0.365 e. The van der Waals surface area contributed by atoms with E-state index in [4.69, 9.17) is 5.73 Å². The van der Waals surface area contributed by atoms with Gasteiger partial charge in [0.2, 0.25) is 5.91 Å². The van der Waals surface area contributed by atoms with Gasteiger partial charge in [0.15, 0.2) is 0 Å². The molecule has 0 spiro atoms. The van der Waals surface area contributed by atoms with Crippen LogP contribution in [0.3, 0.4) is 0 Å². The number of H-pyrrole nitrogens is 1. The van der Waals surface area contributed by atoms with Crippen LogP contribution in [0.15, 0.2) is 30.7 Å². The third kappa shape index (κ3) is 3.40. The van der Waals surface area contributed by atoms with Crippen molar-refractivity contribution in [3.8, 4) is 0 Å². The molecule has 2 aromatic rings. The lowest BCUT2D eigenvalue weighted by molar-refractivity contribution is -0.127. The second-order valence-electron chi connectivity index (χ2n) is 6.13. The van der Waals surface area contributed by atoms with Crippen molar-refractivity contribution in [2.45, 2.75) is 18.8 Å². The van der Waals surface area contributed by atoms with Crippen molar-refractivity contribution >= 4 is 17.9 Å². The molecule has 1 fully saturated rings. The molecule has 7 heteroatoms. The van der Waals surface area contributed by atoms with Crippen molar-refractivity contribution in [2.24, 2.45) is 12.8 Å². The summed E-state index contributed by atoms with van der Waals surface area (Å²) in [4.78, 5) is 25.7. The van der Waals surface area contributed by atoms with E-state index in [0.29, 0.717) is 18.7 Å². The van der Waals surface area contributed by atoms with Crippen LogP contribution in [-0.2, 0) is 11.8 Å². The zero-order valence-electron chi connectivity index (χ0n) is 13.6. The van der Waals surface area contributed by atoms with Crippen molar-refractivity contribution in [3.63, 3.8) is 0 Å². The maximum absolute atomic E-state index is 12.4. The van der Waals surface area contributed by atoms with Gasteiger partial charge in [0.1, 0.15) is 0 Å². The number of aryl methyl sites for hydroxylation is 1. The van der Waals surface area contributed by atoms with Gasteiger partial charge >= 0.3 is 0 Å². The monoisotopic (exact) mass is 327 g/mol. The molecule has 1 aliphatic heterocycles. The van der Waals surface area contributed by atoms with Gasteiger partial charge in [0.25, 0.3) is 5.91 Å². The zero-order valence-corrected chi connectivity index (χ0v) is 13.6. The highest BCUT2D eigenvalue weighted by Crippen LogP contribution is 2.27. The van der Waals surface area contributed by atoms with E-state index in [1.807, 2.05) is 36.2 Å². The van der Waals surface area contributed by atoms with E-state index < -0.39 is 5.91 Å². The van der Waals surface area contributed by atoms with Crippen LogP contribution in [0, 0.1) is 0 Å². The highest BCUT2D eigenvalue weighted by Gasteiger charge is 2.27. The van der Waals surface area contributed by atoms with Crippen LogP contribution < -0.4 is 5.73 Å². The number of aromatic nitrogens is 3. The number of piperidine rings is 1. The number of nitrogens with zero attached hydrogens (tertiary/aromatic N) is 3. The molecule has 1 saturated heterocycles. The molecule has 0 saturated carbocycles. The van der Waals surface area contributed by atoms with Crippen LogP contribution >= 0.6 is 0 Å². The van der Waals surface area contributed by atoms with E-state index in [1.165, 1.54) is 6.20 Å². The van der Waals surface area contributed by atoms with E-state index in [0.717, 1.165) is 24.1 Å². The summed E-state index contributed by atoms with van der Waals surface area (Å²) in [7, 11) is 1.94.